The third-order valence-corrected chi connectivity index (χ3v) is 7.50. The fraction of sp³-hybridized carbons (Fsp3) is 0.345. The second-order valence-electron chi connectivity index (χ2n) is 8.97. The van der Waals surface area contributed by atoms with Gasteiger partial charge in [0.25, 0.3) is 5.56 Å². The van der Waals surface area contributed by atoms with Gasteiger partial charge in [-0.2, -0.15) is 0 Å². The molecule has 0 fully saturated rings. The highest BCUT2D eigenvalue weighted by Gasteiger charge is 2.35. The van der Waals surface area contributed by atoms with Crippen LogP contribution < -0.4 is 29.1 Å². The first-order valence-electron chi connectivity index (χ1n) is 12.7. The fourth-order valence-corrected chi connectivity index (χ4v) is 6.11. The molecule has 8 nitrogen and oxygen atoms in total. The van der Waals surface area contributed by atoms with Crippen LogP contribution in [-0.2, 0) is 9.53 Å². The number of benzene rings is 2. The normalized spacial score (nSPS) is 15.2. The second kappa shape index (κ2) is 12.2. The zero-order valence-electron chi connectivity index (χ0n) is 22.7. The maximum absolute atomic E-state index is 14.0. The third kappa shape index (κ3) is 5.81. The lowest BCUT2D eigenvalue weighted by Gasteiger charge is -2.26. The molecule has 0 bridgehead atoms. The highest BCUT2D eigenvalue weighted by Crippen LogP contribution is 2.38. The molecule has 1 aliphatic rings. The molecular weight excluding hydrogens is 584 g/mol. The highest BCUT2D eigenvalue weighted by atomic mass is 79.9. The molecule has 0 spiro atoms. The van der Waals surface area contributed by atoms with E-state index in [4.69, 9.17) is 18.9 Å². The molecule has 0 amide bonds. The van der Waals surface area contributed by atoms with Gasteiger partial charge in [-0.15, -0.1) is 0 Å². The van der Waals surface area contributed by atoms with E-state index in [1.807, 2.05) is 57.2 Å². The van der Waals surface area contributed by atoms with Gasteiger partial charge in [0.05, 0.1) is 46.7 Å². The number of nitrogens with zero attached hydrogens (tertiary/aromatic N) is 2. The zero-order chi connectivity index (χ0) is 28.3. The Kier molecular flexibility index (Phi) is 8.97. The molecule has 206 valence electrons. The van der Waals surface area contributed by atoms with Gasteiger partial charge in [-0.3, -0.25) is 9.36 Å². The summed E-state index contributed by atoms with van der Waals surface area (Å²) in [6.07, 6.45) is 1.68. The number of esters is 1. The number of aromatic nitrogens is 1. The maximum atomic E-state index is 14.0. The Morgan fingerprint density at radius 3 is 2.59 bits per heavy atom. The summed E-state index contributed by atoms with van der Waals surface area (Å²) in [6.45, 7) is 9.92. The Labute approximate surface area is 239 Å². The first kappa shape index (κ1) is 28.6. The van der Waals surface area contributed by atoms with E-state index in [1.165, 1.54) is 11.3 Å². The lowest BCUT2D eigenvalue weighted by molar-refractivity contribution is -0.139. The number of hydrogen-bond acceptors (Lipinski definition) is 8. The van der Waals surface area contributed by atoms with Gasteiger partial charge < -0.3 is 18.9 Å². The average molecular weight is 616 g/mol. The molecule has 1 aromatic heterocycles. The molecule has 0 N–H and O–H groups in total. The molecule has 3 aromatic rings. The van der Waals surface area contributed by atoms with Crippen molar-refractivity contribution in [2.24, 2.45) is 4.99 Å². The largest absolute Gasteiger partial charge is 0.492 e. The fourth-order valence-electron chi connectivity index (χ4n) is 4.44. The van der Waals surface area contributed by atoms with Crippen LogP contribution in [0.15, 0.2) is 61.9 Å². The number of thiazole rings is 1. The summed E-state index contributed by atoms with van der Waals surface area (Å²) in [4.78, 5) is 32.3. The van der Waals surface area contributed by atoms with Gasteiger partial charge in [0, 0.05) is 5.56 Å². The number of carbonyl (C=O) groups excluding carboxylic acids is 1. The van der Waals surface area contributed by atoms with E-state index in [0.29, 0.717) is 54.5 Å². The van der Waals surface area contributed by atoms with Crippen molar-refractivity contribution in [2.45, 2.75) is 46.8 Å². The number of fused-ring (bicyclic) bond motifs is 1. The Balaban J connectivity index is 1.96. The lowest BCUT2D eigenvalue weighted by Crippen LogP contribution is -2.40. The molecule has 1 aliphatic heterocycles. The van der Waals surface area contributed by atoms with Gasteiger partial charge in [-0.25, -0.2) is 9.79 Å². The predicted octanol–water partition coefficient (Wildman–Crippen LogP) is 4.76. The van der Waals surface area contributed by atoms with Crippen LogP contribution in [0.2, 0.25) is 0 Å². The van der Waals surface area contributed by atoms with E-state index in [-0.39, 0.29) is 18.3 Å². The van der Waals surface area contributed by atoms with E-state index in [2.05, 4.69) is 20.9 Å². The van der Waals surface area contributed by atoms with Gasteiger partial charge in [0.1, 0.15) is 11.8 Å². The van der Waals surface area contributed by atoms with Gasteiger partial charge >= 0.3 is 5.97 Å². The van der Waals surface area contributed by atoms with E-state index in [9.17, 15) is 9.59 Å². The third-order valence-electron chi connectivity index (χ3n) is 5.93. The highest BCUT2D eigenvalue weighted by molar-refractivity contribution is 9.10. The number of halogens is 1. The first-order chi connectivity index (χ1) is 18.7. The molecule has 0 saturated carbocycles. The van der Waals surface area contributed by atoms with E-state index in [1.54, 1.807) is 31.6 Å². The smallest absolute Gasteiger partial charge is 0.338 e. The van der Waals surface area contributed by atoms with Crippen LogP contribution in [0, 0.1) is 0 Å². The Morgan fingerprint density at radius 2 is 1.92 bits per heavy atom. The predicted molar refractivity (Wildman–Crippen MR) is 154 cm³/mol. The van der Waals surface area contributed by atoms with Crippen LogP contribution in [0.4, 0.5) is 0 Å². The summed E-state index contributed by atoms with van der Waals surface area (Å²) in [6, 6.07) is 10.4. The lowest BCUT2D eigenvalue weighted by atomic mass is 9.95. The van der Waals surface area contributed by atoms with Crippen LogP contribution in [0.5, 0.6) is 17.2 Å². The number of carbonyl (C=O) groups is 1. The van der Waals surface area contributed by atoms with Crippen molar-refractivity contribution < 1.29 is 23.7 Å². The van der Waals surface area contributed by atoms with Crippen molar-refractivity contribution in [3.05, 3.63) is 83.0 Å². The molecule has 0 aliphatic carbocycles. The van der Waals surface area contributed by atoms with Crippen LogP contribution in [0.1, 0.15) is 51.8 Å². The van der Waals surface area contributed by atoms with E-state index >= 15 is 0 Å². The Morgan fingerprint density at radius 1 is 1.18 bits per heavy atom. The van der Waals surface area contributed by atoms with Crippen molar-refractivity contribution in [2.75, 3.05) is 20.3 Å². The van der Waals surface area contributed by atoms with Gasteiger partial charge in [0.2, 0.25) is 0 Å². The molecule has 0 saturated heterocycles. The van der Waals surface area contributed by atoms with Crippen molar-refractivity contribution in [1.29, 1.82) is 0 Å². The minimum absolute atomic E-state index is 0.105. The van der Waals surface area contributed by atoms with Crippen molar-refractivity contribution in [3.8, 4) is 17.2 Å². The summed E-state index contributed by atoms with van der Waals surface area (Å²) in [5, 5.41) is 0. The number of ether oxygens (including phenoxy) is 4. The number of methoxy groups -OCH3 is 1. The Hall–Kier alpha value is -3.37. The van der Waals surface area contributed by atoms with Gasteiger partial charge in [-0.05, 0) is 80.4 Å². The molecular formula is C29H31BrN2O6S. The summed E-state index contributed by atoms with van der Waals surface area (Å²) < 4.78 is 25.4. The molecule has 0 radical (unpaired) electrons. The average Bonchev–Trinajstić information content (AvgIpc) is 3.17. The monoisotopic (exact) mass is 614 g/mol. The van der Waals surface area contributed by atoms with E-state index in [0.717, 1.165) is 5.56 Å². The minimum atomic E-state index is -0.765. The molecule has 2 aromatic carbocycles. The summed E-state index contributed by atoms with van der Waals surface area (Å²) in [5.41, 5.74) is 1.96. The first-order valence-corrected chi connectivity index (χ1v) is 14.3. The van der Waals surface area contributed by atoms with Crippen LogP contribution in [-0.4, -0.2) is 37.0 Å². The quantitative estimate of drug-likeness (QED) is 0.323. The molecule has 0 unspecified atom stereocenters. The number of para-hydroxylation sites is 1. The number of rotatable bonds is 9. The van der Waals surface area contributed by atoms with Gasteiger partial charge in [0.15, 0.2) is 16.3 Å². The molecule has 4 rings (SSSR count). The van der Waals surface area contributed by atoms with Crippen molar-refractivity contribution >= 4 is 39.3 Å². The summed E-state index contributed by atoms with van der Waals surface area (Å²) in [5.74, 6) is 1.21. The van der Waals surface area contributed by atoms with Crippen molar-refractivity contribution in [1.82, 2.24) is 4.57 Å². The molecule has 39 heavy (non-hydrogen) atoms. The SMILES string of the molecule is CCOC(=O)C1=C(C)N=c2s/c(=C\c3cc(Br)c(OC)c(OCC)c3)c(=O)n2[C@@H]1c1ccccc1OC(C)C. The Bertz CT molecular complexity index is 1600. The number of hydrogen-bond donors (Lipinski definition) is 0. The second-order valence-corrected chi connectivity index (χ2v) is 10.8. The van der Waals surface area contributed by atoms with Crippen LogP contribution >= 0.6 is 27.3 Å². The van der Waals surface area contributed by atoms with Gasteiger partial charge in [-0.1, -0.05) is 29.5 Å². The topological polar surface area (TPSA) is 88.4 Å². The maximum Gasteiger partial charge on any atom is 0.338 e. The van der Waals surface area contributed by atoms with Crippen LogP contribution in [0.3, 0.4) is 0 Å². The van der Waals surface area contributed by atoms with Crippen molar-refractivity contribution in [3.63, 3.8) is 0 Å². The summed E-state index contributed by atoms with van der Waals surface area (Å²) in [7, 11) is 1.57. The molecule has 10 heteroatoms. The number of allylic oxidation sites excluding steroid dienone is 1. The van der Waals surface area contributed by atoms with Crippen LogP contribution in [0.25, 0.3) is 6.08 Å². The standard InChI is InChI=1S/C29H31BrN2O6S/c1-7-36-22-14-18(13-20(30)26(22)35-6)15-23-27(33)32-25(19-11-9-10-12-21(19)38-16(3)4)24(28(34)37-8-2)17(5)31-29(32)39-23/h9-16,25H,7-8H2,1-6H3/b23-15-/t25-/m1/s1. The minimum Gasteiger partial charge on any atom is -0.492 e. The molecule has 2 heterocycles. The molecule has 1 atom stereocenters. The zero-order valence-corrected chi connectivity index (χ0v) is 25.1. The summed E-state index contributed by atoms with van der Waals surface area (Å²) >= 11 is 4.79. The van der Waals surface area contributed by atoms with E-state index < -0.39 is 12.0 Å².